The van der Waals surface area contributed by atoms with Crippen molar-refractivity contribution in [1.29, 1.82) is 5.41 Å². The average molecular weight is 716 g/mol. The number of aromatic carboxylic acids is 1. The topological polar surface area (TPSA) is 250 Å². The monoisotopic (exact) mass is 715 g/mol. The van der Waals surface area contributed by atoms with Crippen molar-refractivity contribution in [2.75, 3.05) is 32.4 Å². The fourth-order valence-corrected chi connectivity index (χ4v) is 8.11. The number of fused-ring (bicyclic) bond motifs is 2. The number of carbonyl (C=O) groups is 2. The fraction of sp³-hybridized carbons (Fsp3) is 0.364. The highest BCUT2D eigenvalue weighted by molar-refractivity contribution is 7.89. The lowest BCUT2D eigenvalue weighted by Gasteiger charge is -2.25. The predicted octanol–water partition coefficient (Wildman–Crippen LogP) is 1.86. The summed E-state index contributed by atoms with van der Waals surface area (Å²) in [5.41, 5.74) is 5.25. The number of unbranched alkanes of at least 4 members (excludes halogenated alkanes) is 4. The second kappa shape index (κ2) is 16.4. The third kappa shape index (κ3) is 8.63. The summed E-state index contributed by atoms with van der Waals surface area (Å²) in [7, 11) is -8.12. The zero-order valence-electron chi connectivity index (χ0n) is 26.1. The summed E-state index contributed by atoms with van der Waals surface area (Å²) in [6.07, 6.45) is 2.71. The number of nitrogens with zero attached hydrogens (tertiary/aromatic N) is 1. The fourth-order valence-electron chi connectivity index (χ4n) is 5.65. The van der Waals surface area contributed by atoms with Crippen molar-refractivity contribution in [2.45, 2.75) is 62.2 Å². The van der Waals surface area contributed by atoms with Crippen LogP contribution in [0.1, 0.15) is 62.7 Å². The van der Waals surface area contributed by atoms with E-state index in [1.54, 1.807) is 7.05 Å². The smallest absolute Gasteiger partial charge is 0.248 e. The number of carboxylic acid groups (broad SMARTS) is 2. The largest absolute Gasteiger partial charge is 0.744 e. The van der Waals surface area contributed by atoms with Crippen LogP contribution < -0.4 is 26.6 Å². The molecule has 0 aromatic heterocycles. The molecule has 4 N–H and O–H groups in total. The van der Waals surface area contributed by atoms with Gasteiger partial charge in [-0.2, -0.15) is 4.31 Å². The van der Waals surface area contributed by atoms with Crippen LogP contribution >= 0.6 is 0 Å². The Bertz CT molecular complexity index is 2080. The van der Waals surface area contributed by atoms with Crippen LogP contribution in [0, 0.1) is 5.41 Å². The molecular weight excluding hydrogens is 677 g/mol. The summed E-state index contributed by atoms with van der Waals surface area (Å²) in [6.45, 7) is 0.771. The van der Waals surface area contributed by atoms with Gasteiger partial charge in [0, 0.05) is 41.1 Å². The van der Waals surface area contributed by atoms with Gasteiger partial charge in [-0.1, -0.05) is 44.5 Å². The zero-order chi connectivity index (χ0) is 35.2. The molecule has 2 aliphatic rings. The zero-order valence-corrected chi connectivity index (χ0v) is 27.7. The number of benzene rings is 3. The maximum atomic E-state index is 14.5. The molecule has 0 amide bonds. The summed E-state index contributed by atoms with van der Waals surface area (Å²) in [5.74, 6) is -3.43. The Kier molecular flexibility index (Phi) is 13.1. The Hall–Kier alpha value is -4.35. The molecule has 1 aliphatic heterocycles. The minimum atomic E-state index is -5.37. The molecule has 0 unspecified atom stereocenters. The van der Waals surface area contributed by atoms with E-state index in [2.05, 4.69) is 5.32 Å². The lowest BCUT2D eigenvalue weighted by Crippen LogP contribution is -2.34. The lowest BCUT2D eigenvalue weighted by molar-refractivity contribution is -0.305. The van der Waals surface area contributed by atoms with Crippen molar-refractivity contribution < 1.29 is 45.6 Å². The molecule has 0 fully saturated rings. The van der Waals surface area contributed by atoms with Gasteiger partial charge in [0.25, 0.3) is 0 Å². The van der Waals surface area contributed by atoms with Gasteiger partial charge in [0.2, 0.25) is 10.0 Å². The number of nitrogens with two attached hydrogens (primary N) is 1. The molecule has 0 spiro atoms. The number of aliphatic carboxylic acids is 1. The maximum absolute atomic E-state index is 14.5. The number of nitrogens with one attached hydrogen (secondary N) is 2. The van der Waals surface area contributed by atoms with Crippen LogP contribution in [-0.2, 0) is 24.9 Å². The number of rotatable bonds is 17. The minimum Gasteiger partial charge on any atom is -0.744 e. The third-order valence-corrected chi connectivity index (χ3v) is 10.8. The van der Waals surface area contributed by atoms with E-state index in [1.165, 1.54) is 46.8 Å². The van der Waals surface area contributed by atoms with Crippen LogP contribution in [0.25, 0.3) is 33.4 Å². The molecule has 0 bridgehead atoms. The number of carboxylic acids is 2. The molecule has 2 aromatic rings. The molecule has 4 rings (SSSR count). The average Bonchev–Trinajstić information content (AvgIpc) is 3.01. The molecule has 16 heteroatoms. The van der Waals surface area contributed by atoms with Crippen molar-refractivity contribution in [3.05, 3.63) is 59.5 Å². The van der Waals surface area contributed by atoms with Gasteiger partial charge in [-0.3, -0.25) is 5.41 Å². The summed E-state index contributed by atoms with van der Waals surface area (Å²) in [6, 6.07) is 10.6. The van der Waals surface area contributed by atoms with Gasteiger partial charge in [-0.05, 0) is 75.5 Å². The third-order valence-electron chi connectivity index (χ3n) is 7.88. The maximum Gasteiger partial charge on any atom is 0.248 e. The van der Waals surface area contributed by atoms with Crippen LogP contribution in [0.4, 0.5) is 5.69 Å². The van der Waals surface area contributed by atoms with Gasteiger partial charge in [0.1, 0.15) is 19.9 Å². The number of hydrogen-bond acceptors (Lipinski definition) is 13. The highest BCUT2D eigenvalue weighted by Crippen LogP contribution is 2.46. The van der Waals surface area contributed by atoms with Crippen LogP contribution in [0.5, 0.6) is 0 Å². The Labute approximate surface area is 285 Å². The molecule has 1 aliphatic carbocycles. The second-order valence-electron chi connectivity index (χ2n) is 11.2. The molecule has 266 valence electrons. The van der Waals surface area contributed by atoms with Gasteiger partial charge in [0.15, 0.2) is 11.3 Å². The Morgan fingerprint density at radius 3 is 2.14 bits per heavy atom. The highest BCUT2D eigenvalue weighted by atomic mass is 32.2. The Balaban J connectivity index is 0.00000650. The first-order valence-corrected chi connectivity index (χ1v) is 18.0. The number of sulfonamides is 1. The molecule has 0 atom stereocenters. The summed E-state index contributed by atoms with van der Waals surface area (Å²) in [4.78, 5) is 21.5. The van der Waals surface area contributed by atoms with Crippen LogP contribution in [0.15, 0.2) is 62.7 Å². The first-order valence-electron chi connectivity index (χ1n) is 15.2. The molecule has 14 nitrogen and oxygen atoms in total. The summed E-state index contributed by atoms with van der Waals surface area (Å²) >= 11 is 0. The molecule has 2 aromatic carbocycles. The van der Waals surface area contributed by atoms with Gasteiger partial charge < -0.3 is 39.8 Å². The second-order valence-corrected chi connectivity index (χ2v) is 14.4. The normalized spacial score (nSPS) is 12.0. The summed E-state index contributed by atoms with van der Waals surface area (Å²) in [5, 5.41) is 33.6. The first-order chi connectivity index (χ1) is 22.7. The van der Waals surface area contributed by atoms with E-state index < -0.39 is 58.6 Å². The van der Waals surface area contributed by atoms with Gasteiger partial charge in [-0.15, -0.1) is 0 Å². The Morgan fingerprint density at radius 1 is 0.878 bits per heavy atom. The van der Waals surface area contributed by atoms with Crippen molar-refractivity contribution in [1.82, 2.24) is 9.62 Å². The van der Waals surface area contributed by atoms with E-state index in [-0.39, 0.29) is 66.7 Å². The summed E-state index contributed by atoms with van der Waals surface area (Å²) < 4.78 is 73.6. The van der Waals surface area contributed by atoms with Gasteiger partial charge >= 0.3 is 0 Å². The van der Waals surface area contributed by atoms with E-state index in [0.29, 0.717) is 25.7 Å². The van der Waals surface area contributed by atoms with Crippen LogP contribution in [-0.4, -0.2) is 64.3 Å². The number of carbonyl (C=O) groups excluding carboxylic acids is 2. The van der Waals surface area contributed by atoms with E-state index in [4.69, 9.17) is 15.6 Å². The minimum absolute atomic E-state index is 0. The van der Waals surface area contributed by atoms with E-state index in [9.17, 15) is 41.2 Å². The molecule has 0 radical (unpaired) electrons. The molecule has 0 saturated heterocycles. The number of hydrogen-bond donors (Lipinski definition) is 3. The van der Waals surface area contributed by atoms with Crippen LogP contribution in [0.2, 0.25) is 0 Å². The first kappa shape index (κ1) is 39.1. The number of nitrogen functional groups attached to an aromatic ring is 1. The van der Waals surface area contributed by atoms with Crippen molar-refractivity contribution in [3.63, 3.8) is 0 Å². The Morgan fingerprint density at radius 2 is 1.53 bits per heavy atom. The molecule has 0 saturated carbocycles. The quantitative estimate of drug-likeness (QED) is 0.0613. The number of anilines is 1. The van der Waals surface area contributed by atoms with E-state index in [0.717, 1.165) is 19.0 Å². The van der Waals surface area contributed by atoms with Crippen molar-refractivity contribution in [3.8, 4) is 22.5 Å². The molecule has 49 heavy (non-hydrogen) atoms. The van der Waals surface area contributed by atoms with E-state index in [1.807, 2.05) is 0 Å². The van der Waals surface area contributed by atoms with Gasteiger partial charge in [0.05, 0.1) is 17.0 Å². The van der Waals surface area contributed by atoms with E-state index >= 15 is 0 Å². The predicted molar refractivity (Wildman–Crippen MR) is 178 cm³/mol. The van der Waals surface area contributed by atoms with Crippen molar-refractivity contribution >= 4 is 48.7 Å². The van der Waals surface area contributed by atoms with Crippen molar-refractivity contribution in [2.24, 2.45) is 0 Å². The standard InChI is InChI=1S/C32H38N4O10S2.CH4/c1-35-17-7-3-9-19-36(18-8-2-4-12-26(37)38)47(41,42)30-24(33)15-13-22-27(20-10-5-6-11-21(20)32(39)40)23-14-16-25(34)31(48(43,44)45)29(23)46-28(22)30;/h5-6,10-11,13-16,34-35H,2-4,7-9,12,17-19,33H2,1H3,(H,37,38)(H,39,40)(H,43,44,45);1H4/p-3. The lowest BCUT2D eigenvalue weighted by atomic mass is 9.90. The molecule has 1 heterocycles. The SMILES string of the molecule is C.CNCCCCCN(CCCCCC(=O)[O-])S(=O)(=O)c1c(N)ccc2c(-c3ccccc3C(=O)[O-])c3ccc(=N)c(S(=O)(=O)[O-])c-3oc12. The van der Waals surface area contributed by atoms with Gasteiger partial charge in [-0.25, -0.2) is 16.8 Å². The van der Waals surface area contributed by atoms with Crippen LogP contribution in [0.3, 0.4) is 0 Å². The molecular formula is C33H39N4O10S2-3. The highest BCUT2D eigenvalue weighted by Gasteiger charge is 2.33.